The van der Waals surface area contributed by atoms with Crippen molar-refractivity contribution in [2.24, 2.45) is 0 Å². The van der Waals surface area contributed by atoms with Gasteiger partial charge in [-0.05, 0) is 25.0 Å². The van der Waals surface area contributed by atoms with Crippen LogP contribution in [0.3, 0.4) is 0 Å². The highest BCUT2D eigenvalue weighted by Crippen LogP contribution is 2.24. The first-order valence-electron chi connectivity index (χ1n) is 5.46. The van der Waals surface area contributed by atoms with Gasteiger partial charge in [0.2, 0.25) is 0 Å². The highest BCUT2D eigenvalue weighted by Gasteiger charge is 2.07. The molecule has 0 aliphatic rings. The normalized spacial score (nSPS) is 10.3. The SMILES string of the molecule is CC(=O)c1ccc(-c2cccc(C)c2F)cc1. The number of hydrogen-bond acceptors (Lipinski definition) is 1. The van der Waals surface area contributed by atoms with Crippen LogP contribution in [0.1, 0.15) is 22.8 Å². The molecule has 0 saturated heterocycles. The van der Waals surface area contributed by atoms with Crippen LogP contribution in [0.4, 0.5) is 4.39 Å². The molecule has 2 aromatic rings. The average molecular weight is 228 g/mol. The number of aryl methyl sites for hydroxylation is 1. The third kappa shape index (κ3) is 2.26. The highest BCUT2D eigenvalue weighted by molar-refractivity contribution is 5.94. The predicted octanol–water partition coefficient (Wildman–Crippen LogP) is 4.00. The Hall–Kier alpha value is -1.96. The van der Waals surface area contributed by atoms with Crippen LogP contribution in [0, 0.1) is 12.7 Å². The standard InChI is InChI=1S/C15H13FO/c1-10-4-3-5-14(15(10)16)13-8-6-12(7-9-13)11(2)17/h3-9H,1-2H3. The van der Waals surface area contributed by atoms with Crippen LogP contribution in [-0.4, -0.2) is 5.78 Å². The molecular formula is C15H13FO. The van der Waals surface area contributed by atoms with Crippen molar-refractivity contribution in [1.82, 2.24) is 0 Å². The molecule has 0 aromatic heterocycles. The van der Waals surface area contributed by atoms with Gasteiger partial charge in [-0.15, -0.1) is 0 Å². The molecule has 0 saturated carbocycles. The van der Waals surface area contributed by atoms with Crippen molar-refractivity contribution < 1.29 is 9.18 Å². The van der Waals surface area contributed by atoms with E-state index >= 15 is 0 Å². The highest BCUT2D eigenvalue weighted by atomic mass is 19.1. The first-order valence-corrected chi connectivity index (χ1v) is 5.46. The Labute approximate surface area is 99.9 Å². The molecule has 2 aromatic carbocycles. The molecule has 2 heteroatoms. The van der Waals surface area contributed by atoms with Crippen molar-refractivity contribution in [3.05, 3.63) is 59.4 Å². The van der Waals surface area contributed by atoms with Crippen molar-refractivity contribution in [2.45, 2.75) is 13.8 Å². The molecule has 0 heterocycles. The number of carbonyl (C=O) groups is 1. The lowest BCUT2D eigenvalue weighted by molar-refractivity contribution is 0.101. The van der Waals surface area contributed by atoms with Crippen LogP contribution in [-0.2, 0) is 0 Å². The van der Waals surface area contributed by atoms with E-state index in [-0.39, 0.29) is 11.6 Å². The summed E-state index contributed by atoms with van der Waals surface area (Å²) in [6, 6.07) is 12.3. The summed E-state index contributed by atoms with van der Waals surface area (Å²) in [5.41, 5.74) is 2.62. The van der Waals surface area contributed by atoms with E-state index in [0.29, 0.717) is 16.7 Å². The van der Waals surface area contributed by atoms with Crippen molar-refractivity contribution in [3.8, 4) is 11.1 Å². The lowest BCUT2D eigenvalue weighted by atomic mass is 10.0. The van der Waals surface area contributed by atoms with E-state index in [0.717, 1.165) is 5.56 Å². The molecule has 0 fully saturated rings. The van der Waals surface area contributed by atoms with Gasteiger partial charge in [-0.25, -0.2) is 4.39 Å². The molecule has 0 unspecified atom stereocenters. The van der Waals surface area contributed by atoms with Gasteiger partial charge in [0, 0.05) is 11.1 Å². The van der Waals surface area contributed by atoms with Crippen LogP contribution < -0.4 is 0 Å². The number of benzene rings is 2. The minimum atomic E-state index is -0.205. The third-order valence-electron chi connectivity index (χ3n) is 2.79. The smallest absolute Gasteiger partial charge is 0.159 e. The van der Waals surface area contributed by atoms with Gasteiger partial charge in [0.15, 0.2) is 5.78 Å². The maximum atomic E-state index is 13.9. The fourth-order valence-corrected chi connectivity index (χ4v) is 1.75. The zero-order chi connectivity index (χ0) is 12.4. The molecule has 0 atom stereocenters. The molecule has 2 rings (SSSR count). The Morgan fingerprint density at radius 1 is 1.06 bits per heavy atom. The molecule has 0 aliphatic carbocycles. The van der Waals surface area contributed by atoms with Crippen LogP contribution >= 0.6 is 0 Å². The van der Waals surface area contributed by atoms with E-state index in [1.807, 2.05) is 6.07 Å². The van der Waals surface area contributed by atoms with Crippen molar-refractivity contribution >= 4 is 5.78 Å². The first-order chi connectivity index (χ1) is 8.09. The lowest BCUT2D eigenvalue weighted by Gasteiger charge is -2.06. The van der Waals surface area contributed by atoms with Crippen LogP contribution in [0.2, 0.25) is 0 Å². The van der Waals surface area contributed by atoms with Gasteiger partial charge in [-0.2, -0.15) is 0 Å². The summed E-state index contributed by atoms with van der Waals surface area (Å²) in [7, 11) is 0. The molecule has 17 heavy (non-hydrogen) atoms. The van der Waals surface area contributed by atoms with E-state index in [1.54, 1.807) is 43.3 Å². The molecule has 0 amide bonds. The Morgan fingerprint density at radius 2 is 1.71 bits per heavy atom. The largest absolute Gasteiger partial charge is 0.295 e. The number of halogens is 1. The summed E-state index contributed by atoms with van der Waals surface area (Å²) in [6.45, 7) is 3.25. The zero-order valence-electron chi connectivity index (χ0n) is 9.83. The van der Waals surface area contributed by atoms with Gasteiger partial charge >= 0.3 is 0 Å². The third-order valence-corrected chi connectivity index (χ3v) is 2.79. The number of carbonyl (C=O) groups excluding carboxylic acids is 1. The molecule has 0 N–H and O–H groups in total. The Bertz CT molecular complexity index is 556. The lowest BCUT2D eigenvalue weighted by Crippen LogP contribution is -1.92. The number of Topliss-reactive ketones (excluding diaryl/α,β-unsaturated/α-hetero) is 1. The Morgan fingerprint density at radius 3 is 2.29 bits per heavy atom. The van der Waals surface area contributed by atoms with Crippen LogP contribution in [0.5, 0.6) is 0 Å². The summed E-state index contributed by atoms with van der Waals surface area (Å²) < 4.78 is 13.9. The fourth-order valence-electron chi connectivity index (χ4n) is 1.75. The maximum absolute atomic E-state index is 13.9. The minimum absolute atomic E-state index is 0.0151. The van der Waals surface area contributed by atoms with Gasteiger partial charge in [0.1, 0.15) is 5.82 Å². The van der Waals surface area contributed by atoms with Gasteiger partial charge in [0.25, 0.3) is 0 Å². The first kappa shape index (κ1) is 11.5. The van der Waals surface area contributed by atoms with E-state index < -0.39 is 0 Å². The topological polar surface area (TPSA) is 17.1 Å². The zero-order valence-corrected chi connectivity index (χ0v) is 9.83. The van der Waals surface area contributed by atoms with Gasteiger partial charge in [-0.3, -0.25) is 4.79 Å². The van der Waals surface area contributed by atoms with Crippen molar-refractivity contribution in [2.75, 3.05) is 0 Å². The fraction of sp³-hybridized carbons (Fsp3) is 0.133. The predicted molar refractivity (Wildman–Crippen MR) is 66.6 cm³/mol. The molecule has 0 spiro atoms. The molecule has 0 aliphatic heterocycles. The summed E-state index contributed by atoms with van der Waals surface area (Å²) in [5, 5.41) is 0. The summed E-state index contributed by atoms with van der Waals surface area (Å²) in [4.78, 5) is 11.1. The summed E-state index contributed by atoms with van der Waals surface area (Å²) >= 11 is 0. The second-order valence-corrected chi connectivity index (χ2v) is 4.07. The number of hydrogen-bond donors (Lipinski definition) is 0. The second-order valence-electron chi connectivity index (χ2n) is 4.07. The minimum Gasteiger partial charge on any atom is -0.295 e. The van der Waals surface area contributed by atoms with E-state index in [2.05, 4.69) is 0 Å². The van der Waals surface area contributed by atoms with Crippen LogP contribution in [0.25, 0.3) is 11.1 Å². The molecular weight excluding hydrogens is 215 g/mol. The Balaban J connectivity index is 2.47. The summed E-state index contributed by atoms with van der Waals surface area (Å²) in [5.74, 6) is -0.190. The second kappa shape index (κ2) is 4.50. The quantitative estimate of drug-likeness (QED) is 0.710. The van der Waals surface area contributed by atoms with E-state index in [9.17, 15) is 9.18 Å². The van der Waals surface area contributed by atoms with Gasteiger partial charge < -0.3 is 0 Å². The molecule has 86 valence electrons. The molecule has 1 nitrogen and oxygen atoms in total. The van der Waals surface area contributed by atoms with Gasteiger partial charge in [0.05, 0.1) is 0 Å². The van der Waals surface area contributed by atoms with E-state index in [1.165, 1.54) is 6.92 Å². The van der Waals surface area contributed by atoms with Crippen molar-refractivity contribution in [3.63, 3.8) is 0 Å². The van der Waals surface area contributed by atoms with Crippen LogP contribution in [0.15, 0.2) is 42.5 Å². The molecule has 0 bridgehead atoms. The van der Waals surface area contributed by atoms with Crippen molar-refractivity contribution in [1.29, 1.82) is 0 Å². The van der Waals surface area contributed by atoms with Gasteiger partial charge in [-0.1, -0.05) is 42.5 Å². The number of rotatable bonds is 2. The monoisotopic (exact) mass is 228 g/mol. The Kier molecular flexibility index (Phi) is 3.05. The molecule has 0 radical (unpaired) electrons. The average Bonchev–Trinajstić information content (AvgIpc) is 2.33. The van der Waals surface area contributed by atoms with E-state index in [4.69, 9.17) is 0 Å². The summed E-state index contributed by atoms with van der Waals surface area (Å²) in [6.07, 6.45) is 0. The maximum Gasteiger partial charge on any atom is 0.159 e. The number of ketones is 1.